The van der Waals surface area contributed by atoms with Crippen LogP contribution in [0, 0.1) is 0 Å². The standard InChI is InChI=1S/C18H21N3O6S/c1-11(17(23)20-6-8-27-9-7-20)19-16(22)12-2-5-14-15(10-12)28(25,26)21(18(14)24)13-3-4-13/h2,5,10-11,13H,3-4,6-9H2,1H3,(H,19,22)/t11-/m0/s1. The van der Waals surface area contributed by atoms with Gasteiger partial charge in [-0.25, -0.2) is 12.7 Å². The van der Waals surface area contributed by atoms with E-state index in [9.17, 15) is 22.8 Å². The molecule has 10 heteroatoms. The van der Waals surface area contributed by atoms with Gasteiger partial charge in [0.25, 0.3) is 21.8 Å². The van der Waals surface area contributed by atoms with Crippen LogP contribution < -0.4 is 5.32 Å². The van der Waals surface area contributed by atoms with Crippen molar-refractivity contribution in [3.63, 3.8) is 0 Å². The van der Waals surface area contributed by atoms with E-state index in [-0.39, 0.29) is 28.0 Å². The lowest BCUT2D eigenvalue weighted by atomic mass is 10.1. The molecule has 2 heterocycles. The van der Waals surface area contributed by atoms with Crippen molar-refractivity contribution in [3.8, 4) is 0 Å². The summed E-state index contributed by atoms with van der Waals surface area (Å²) in [5.74, 6) is -1.33. The molecule has 3 amide bonds. The molecular formula is C18H21N3O6S. The molecule has 0 aromatic heterocycles. The van der Waals surface area contributed by atoms with Crippen LogP contribution in [0.1, 0.15) is 40.5 Å². The molecule has 0 radical (unpaired) electrons. The molecule has 1 aromatic rings. The fraction of sp³-hybridized carbons (Fsp3) is 0.500. The van der Waals surface area contributed by atoms with E-state index in [1.54, 1.807) is 11.8 Å². The zero-order valence-electron chi connectivity index (χ0n) is 15.4. The van der Waals surface area contributed by atoms with E-state index >= 15 is 0 Å². The quantitative estimate of drug-likeness (QED) is 0.750. The maximum absolute atomic E-state index is 12.7. The first-order valence-electron chi connectivity index (χ1n) is 9.21. The van der Waals surface area contributed by atoms with E-state index in [1.807, 2.05) is 0 Å². The molecule has 0 unspecified atom stereocenters. The summed E-state index contributed by atoms with van der Waals surface area (Å²) < 4.78 is 31.5. The summed E-state index contributed by atoms with van der Waals surface area (Å²) in [6, 6.07) is 2.94. The number of carbonyl (C=O) groups excluding carboxylic acids is 3. The predicted octanol–water partition coefficient (Wildman–Crippen LogP) is -0.0294. The number of morpholine rings is 1. The van der Waals surface area contributed by atoms with Crippen molar-refractivity contribution in [2.24, 2.45) is 0 Å². The van der Waals surface area contributed by atoms with Gasteiger partial charge in [0, 0.05) is 24.7 Å². The first kappa shape index (κ1) is 18.9. The fourth-order valence-corrected chi connectivity index (χ4v) is 5.30. The van der Waals surface area contributed by atoms with Crippen molar-refractivity contribution in [2.75, 3.05) is 26.3 Å². The molecule has 1 N–H and O–H groups in total. The van der Waals surface area contributed by atoms with Crippen molar-refractivity contribution in [1.29, 1.82) is 0 Å². The largest absolute Gasteiger partial charge is 0.378 e. The third-order valence-corrected chi connectivity index (χ3v) is 7.01. The van der Waals surface area contributed by atoms with E-state index in [4.69, 9.17) is 4.74 Å². The number of fused-ring (bicyclic) bond motifs is 1. The number of amides is 3. The maximum Gasteiger partial charge on any atom is 0.269 e. The highest BCUT2D eigenvalue weighted by Crippen LogP contribution is 2.39. The molecule has 4 rings (SSSR count). The Hall–Kier alpha value is -2.46. The number of benzene rings is 1. The summed E-state index contributed by atoms with van der Waals surface area (Å²) in [7, 11) is -3.94. The highest BCUT2D eigenvalue weighted by molar-refractivity contribution is 7.90. The second kappa shape index (κ2) is 6.85. The predicted molar refractivity (Wildman–Crippen MR) is 97.1 cm³/mol. The molecule has 150 valence electrons. The van der Waals surface area contributed by atoms with Gasteiger partial charge >= 0.3 is 0 Å². The number of hydrogen-bond donors (Lipinski definition) is 1. The van der Waals surface area contributed by atoms with Crippen LogP contribution in [0.15, 0.2) is 23.1 Å². The fourth-order valence-electron chi connectivity index (χ4n) is 3.46. The van der Waals surface area contributed by atoms with Gasteiger partial charge in [-0.2, -0.15) is 0 Å². The molecule has 1 saturated heterocycles. The van der Waals surface area contributed by atoms with Crippen LogP contribution in [0.3, 0.4) is 0 Å². The topological polar surface area (TPSA) is 113 Å². The number of rotatable bonds is 4. The van der Waals surface area contributed by atoms with Gasteiger partial charge in [-0.3, -0.25) is 14.4 Å². The number of ether oxygens (including phenoxy) is 1. The van der Waals surface area contributed by atoms with Crippen molar-refractivity contribution in [2.45, 2.75) is 36.7 Å². The number of hydrogen-bond acceptors (Lipinski definition) is 6. The molecule has 0 bridgehead atoms. The third kappa shape index (κ3) is 3.16. The second-order valence-corrected chi connectivity index (χ2v) is 8.96. The van der Waals surface area contributed by atoms with Gasteiger partial charge in [-0.1, -0.05) is 0 Å². The average Bonchev–Trinajstić information content (AvgIpc) is 3.49. The van der Waals surface area contributed by atoms with E-state index in [1.165, 1.54) is 18.2 Å². The number of carbonyl (C=O) groups is 3. The van der Waals surface area contributed by atoms with Crippen LogP contribution in [-0.2, 0) is 19.6 Å². The van der Waals surface area contributed by atoms with Crippen molar-refractivity contribution in [1.82, 2.24) is 14.5 Å². The Morgan fingerprint density at radius 1 is 1.21 bits per heavy atom. The van der Waals surface area contributed by atoms with Crippen molar-refractivity contribution < 1.29 is 27.5 Å². The summed E-state index contributed by atoms with van der Waals surface area (Å²) in [4.78, 5) is 38.9. The third-order valence-electron chi connectivity index (χ3n) is 5.13. The zero-order valence-corrected chi connectivity index (χ0v) is 16.2. The Balaban J connectivity index is 1.51. The van der Waals surface area contributed by atoms with Gasteiger partial charge in [0.15, 0.2) is 0 Å². The van der Waals surface area contributed by atoms with Crippen LogP contribution in [-0.4, -0.2) is 73.7 Å². The second-order valence-electron chi connectivity index (χ2n) is 7.18. The molecule has 1 aliphatic carbocycles. The number of nitrogens with one attached hydrogen (secondary N) is 1. The Morgan fingerprint density at radius 2 is 1.89 bits per heavy atom. The molecule has 2 fully saturated rings. The van der Waals surface area contributed by atoms with Gasteiger partial charge in [0.2, 0.25) is 5.91 Å². The van der Waals surface area contributed by atoms with Crippen LogP contribution in [0.25, 0.3) is 0 Å². The molecule has 1 aromatic carbocycles. The first-order chi connectivity index (χ1) is 13.3. The Labute approximate surface area is 162 Å². The Bertz CT molecular complexity index is 950. The summed E-state index contributed by atoms with van der Waals surface area (Å²) in [6.07, 6.45) is 1.32. The minimum atomic E-state index is -3.94. The average molecular weight is 407 g/mol. The van der Waals surface area contributed by atoms with Crippen LogP contribution >= 0.6 is 0 Å². The summed E-state index contributed by atoms with van der Waals surface area (Å²) >= 11 is 0. The van der Waals surface area contributed by atoms with Gasteiger partial charge in [0.05, 0.1) is 18.8 Å². The molecule has 1 atom stereocenters. The van der Waals surface area contributed by atoms with Gasteiger partial charge < -0.3 is 15.0 Å². The molecule has 9 nitrogen and oxygen atoms in total. The van der Waals surface area contributed by atoms with Crippen LogP contribution in [0.5, 0.6) is 0 Å². The van der Waals surface area contributed by atoms with Gasteiger partial charge in [-0.05, 0) is 38.0 Å². The van der Waals surface area contributed by atoms with Crippen molar-refractivity contribution in [3.05, 3.63) is 29.3 Å². The van der Waals surface area contributed by atoms with Crippen LogP contribution in [0.4, 0.5) is 0 Å². The highest BCUT2D eigenvalue weighted by atomic mass is 32.2. The molecule has 0 spiro atoms. The zero-order chi connectivity index (χ0) is 20.1. The number of nitrogens with zero attached hydrogens (tertiary/aromatic N) is 2. The summed E-state index contributed by atoms with van der Waals surface area (Å²) in [5, 5.41) is 2.60. The minimum Gasteiger partial charge on any atom is -0.378 e. The molecular weight excluding hydrogens is 386 g/mol. The monoisotopic (exact) mass is 407 g/mol. The lowest BCUT2D eigenvalue weighted by Gasteiger charge is -2.29. The summed E-state index contributed by atoms with van der Waals surface area (Å²) in [5.41, 5.74) is 0.176. The normalized spacial score (nSPS) is 22.0. The Morgan fingerprint density at radius 3 is 2.54 bits per heavy atom. The van der Waals surface area contributed by atoms with E-state index in [0.717, 1.165) is 4.31 Å². The Kier molecular flexibility index (Phi) is 4.62. The lowest BCUT2D eigenvalue weighted by Crippen LogP contribution is -2.50. The van der Waals surface area contributed by atoms with E-state index in [0.29, 0.717) is 39.1 Å². The number of sulfonamides is 1. The maximum atomic E-state index is 12.7. The minimum absolute atomic E-state index is 0.0842. The smallest absolute Gasteiger partial charge is 0.269 e. The van der Waals surface area contributed by atoms with E-state index in [2.05, 4.69) is 5.32 Å². The molecule has 1 saturated carbocycles. The lowest BCUT2D eigenvalue weighted by molar-refractivity contribution is -0.136. The van der Waals surface area contributed by atoms with E-state index < -0.39 is 27.9 Å². The molecule has 3 aliphatic rings. The molecule has 2 aliphatic heterocycles. The van der Waals surface area contributed by atoms with Gasteiger partial charge in [0.1, 0.15) is 10.9 Å². The highest BCUT2D eigenvalue weighted by Gasteiger charge is 2.48. The van der Waals surface area contributed by atoms with Crippen LogP contribution in [0.2, 0.25) is 0 Å². The van der Waals surface area contributed by atoms with Crippen molar-refractivity contribution >= 4 is 27.7 Å². The summed E-state index contributed by atoms with van der Waals surface area (Å²) in [6.45, 7) is 3.43. The first-order valence-corrected chi connectivity index (χ1v) is 10.6. The van der Waals surface area contributed by atoms with Gasteiger partial charge in [-0.15, -0.1) is 0 Å². The molecule has 28 heavy (non-hydrogen) atoms. The SMILES string of the molecule is C[C@H](NC(=O)c1ccc2c(c1)S(=O)(=O)N(C1CC1)C2=O)C(=O)N1CCOCC1.